The second-order valence-electron chi connectivity index (χ2n) is 3.03. The Morgan fingerprint density at radius 3 is 2.57 bits per heavy atom. The number of likely N-dealkylation sites (N-methyl/N-ethyl adjacent to an activating group) is 1. The molecule has 0 aliphatic rings. The highest BCUT2D eigenvalue weighted by atomic mass is 16.5. The molecule has 0 saturated carbocycles. The van der Waals surface area contributed by atoms with E-state index < -0.39 is 0 Å². The van der Waals surface area contributed by atoms with Gasteiger partial charge in [-0.1, -0.05) is 6.07 Å². The van der Waals surface area contributed by atoms with Gasteiger partial charge in [0.1, 0.15) is 0 Å². The number of ether oxygens (including phenoxy) is 1. The molecular weight excluding hydrogens is 182 g/mol. The second-order valence-corrected chi connectivity index (χ2v) is 3.03. The van der Waals surface area contributed by atoms with Gasteiger partial charge in [0.05, 0.1) is 6.10 Å². The predicted octanol–water partition coefficient (Wildman–Crippen LogP) is 1.00. The number of benzene rings is 1. The molecule has 1 aromatic rings. The van der Waals surface area contributed by atoms with Crippen molar-refractivity contribution in [1.29, 1.82) is 0 Å². The summed E-state index contributed by atoms with van der Waals surface area (Å²) >= 11 is 0. The number of nitrogens with one attached hydrogen (secondary N) is 1. The third-order valence-electron chi connectivity index (χ3n) is 2.05. The van der Waals surface area contributed by atoms with Crippen molar-refractivity contribution in [3.8, 4) is 11.5 Å². The van der Waals surface area contributed by atoms with Crippen LogP contribution in [0, 0.1) is 0 Å². The minimum absolute atomic E-state index is 0.118. The summed E-state index contributed by atoms with van der Waals surface area (Å²) < 4.78 is 5.22. The molecule has 0 spiro atoms. The van der Waals surface area contributed by atoms with Gasteiger partial charge in [-0.2, -0.15) is 0 Å². The summed E-state index contributed by atoms with van der Waals surface area (Å²) in [5, 5.41) is 21.4. The van der Waals surface area contributed by atoms with E-state index in [2.05, 4.69) is 5.32 Å². The summed E-state index contributed by atoms with van der Waals surface area (Å²) in [6, 6.07) is 4.67. The Kier molecular flexibility index (Phi) is 3.73. The number of rotatable bonds is 4. The van der Waals surface area contributed by atoms with Gasteiger partial charge in [-0.15, -0.1) is 0 Å². The third kappa shape index (κ3) is 2.37. The molecule has 0 aliphatic heterocycles. The Hall–Kier alpha value is -1.26. The highest BCUT2D eigenvalue weighted by molar-refractivity contribution is 5.41. The van der Waals surface area contributed by atoms with Crippen LogP contribution in [0.2, 0.25) is 0 Å². The van der Waals surface area contributed by atoms with E-state index in [0.717, 1.165) is 5.56 Å². The van der Waals surface area contributed by atoms with E-state index >= 15 is 0 Å². The van der Waals surface area contributed by atoms with E-state index in [4.69, 9.17) is 9.84 Å². The van der Waals surface area contributed by atoms with Crippen LogP contribution in [0.25, 0.3) is 0 Å². The van der Waals surface area contributed by atoms with Crippen molar-refractivity contribution >= 4 is 0 Å². The molecule has 0 amide bonds. The molecule has 3 N–H and O–H groups in total. The van der Waals surface area contributed by atoms with Crippen molar-refractivity contribution in [2.45, 2.75) is 6.10 Å². The molecule has 0 unspecified atom stereocenters. The van der Waals surface area contributed by atoms with Gasteiger partial charge >= 0.3 is 0 Å². The van der Waals surface area contributed by atoms with Gasteiger partial charge in [0.25, 0.3) is 0 Å². The quantitative estimate of drug-likeness (QED) is 0.630. The molecule has 1 atom stereocenters. The van der Waals surface area contributed by atoms with Gasteiger partial charge in [0, 0.05) is 13.7 Å². The molecule has 1 aromatic carbocycles. The van der Waals surface area contributed by atoms with Gasteiger partial charge in [0.2, 0.25) is 0 Å². The molecule has 78 valence electrons. The molecule has 0 bridgehead atoms. The van der Waals surface area contributed by atoms with E-state index in [9.17, 15) is 5.11 Å². The van der Waals surface area contributed by atoms with Crippen molar-refractivity contribution in [2.24, 2.45) is 0 Å². The minimum atomic E-state index is -0.124. The highest BCUT2D eigenvalue weighted by Crippen LogP contribution is 2.28. The molecule has 14 heavy (non-hydrogen) atoms. The zero-order valence-corrected chi connectivity index (χ0v) is 8.32. The van der Waals surface area contributed by atoms with E-state index in [1.807, 2.05) is 7.05 Å². The molecule has 0 aliphatic carbocycles. The van der Waals surface area contributed by atoms with E-state index in [-0.39, 0.29) is 17.6 Å². The van der Waals surface area contributed by atoms with Gasteiger partial charge in [-0.05, 0) is 24.7 Å². The van der Waals surface area contributed by atoms with Crippen molar-refractivity contribution in [1.82, 2.24) is 5.32 Å². The summed E-state index contributed by atoms with van der Waals surface area (Å²) in [7, 11) is 3.43. The molecule has 0 heterocycles. The van der Waals surface area contributed by atoms with Crippen molar-refractivity contribution in [3.63, 3.8) is 0 Å². The molecule has 0 radical (unpaired) electrons. The van der Waals surface area contributed by atoms with Crippen LogP contribution in [0.5, 0.6) is 11.5 Å². The zero-order valence-electron chi connectivity index (χ0n) is 8.32. The number of methoxy groups -OCH3 is 1. The number of aromatic hydroxyl groups is 2. The summed E-state index contributed by atoms with van der Waals surface area (Å²) in [4.78, 5) is 0. The standard InChI is InChI=1S/C10H15NO3/c1-11-6-10(14-2)7-3-4-8(12)9(13)5-7/h3-5,10-13H,6H2,1-2H3/t10-/m1/s1. The first-order valence-corrected chi connectivity index (χ1v) is 4.38. The van der Waals surface area contributed by atoms with Gasteiger partial charge in [0.15, 0.2) is 11.5 Å². The maximum atomic E-state index is 9.29. The van der Waals surface area contributed by atoms with Crippen LogP contribution in [0.3, 0.4) is 0 Å². The fourth-order valence-electron chi connectivity index (χ4n) is 1.26. The predicted molar refractivity (Wildman–Crippen MR) is 53.4 cm³/mol. The number of phenolic OH excluding ortho intramolecular Hbond substituents is 2. The Labute approximate surface area is 83.1 Å². The average molecular weight is 197 g/mol. The minimum Gasteiger partial charge on any atom is -0.504 e. The van der Waals surface area contributed by atoms with E-state index in [1.54, 1.807) is 13.2 Å². The molecule has 0 aromatic heterocycles. The molecule has 0 fully saturated rings. The first kappa shape index (κ1) is 10.8. The van der Waals surface area contributed by atoms with Crippen LogP contribution in [-0.4, -0.2) is 30.9 Å². The van der Waals surface area contributed by atoms with E-state index in [1.165, 1.54) is 12.1 Å². The van der Waals surface area contributed by atoms with Crippen molar-refractivity contribution in [3.05, 3.63) is 23.8 Å². The molecule has 4 heteroatoms. The monoisotopic (exact) mass is 197 g/mol. The first-order chi connectivity index (χ1) is 6.69. The Balaban J connectivity index is 2.88. The lowest BCUT2D eigenvalue weighted by atomic mass is 10.1. The van der Waals surface area contributed by atoms with Gasteiger partial charge in [-0.3, -0.25) is 0 Å². The molecule has 0 saturated heterocycles. The third-order valence-corrected chi connectivity index (χ3v) is 2.05. The lowest BCUT2D eigenvalue weighted by Crippen LogP contribution is -2.18. The summed E-state index contributed by atoms with van der Waals surface area (Å²) in [6.45, 7) is 0.653. The normalized spacial score (nSPS) is 12.7. The van der Waals surface area contributed by atoms with Gasteiger partial charge < -0.3 is 20.3 Å². The molecule has 1 rings (SSSR count). The summed E-state index contributed by atoms with van der Waals surface area (Å²) in [5.74, 6) is -0.242. The van der Waals surface area contributed by atoms with Crippen molar-refractivity contribution in [2.75, 3.05) is 20.7 Å². The van der Waals surface area contributed by atoms with Crippen LogP contribution in [0.4, 0.5) is 0 Å². The van der Waals surface area contributed by atoms with E-state index in [0.29, 0.717) is 6.54 Å². The topological polar surface area (TPSA) is 61.7 Å². The average Bonchev–Trinajstić information content (AvgIpc) is 2.19. The highest BCUT2D eigenvalue weighted by Gasteiger charge is 2.11. The Morgan fingerprint density at radius 2 is 2.07 bits per heavy atom. The van der Waals surface area contributed by atoms with Crippen LogP contribution in [0.15, 0.2) is 18.2 Å². The number of hydrogen-bond donors (Lipinski definition) is 3. The van der Waals surface area contributed by atoms with Crippen LogP contribution in [-0.2, 0) is 4.74 Å². The number of phenols is 2. The Bertz CT molecular complexity index is 301. The fourth-order valence-corrected chi connectivity index (χ4v) is 1.26. The SMILES string of the molecule is CNC[C@@H](OC)c1ccc(O)c(O)c1. The first-order valence-electron chi connectivity index (χ1n) is 4.38. The zero-order chi connectivity index (χ0) is 10.6. The molecular formula is C10H15NO3. The van der Waals surface area contributed by atoms with Crippen LogP contribution in [0.1, 0.15) is 11.7 Å². The summed E-state index contributed by atoms with van der Waals surface area (Å²) in [5.41, 5.74) is 0.831. The largest absolute Gasteiger partial charge is 0.504 e. The molecule has 4 nitrogen and oxygen atoms in total. The lowest BCUT2D eigenvalue weighted by Gasteiger charge is -2.15. The van der Waals surface area contributed by atoms with Crippen LogP contribution >= 0.6 is 0 Å². The second kappa shape index (κ2) is 4.83. The lowest BCUT2D eigenvalue weighted by molar-refractivity contribution is 0.104. The maximum absolute atomic E-state index is 9.29. The maximum Gasteiger partial charge on any atom is 0.157 e. The number of hydrogen-bond acceptors (Lipinski definition) is 4. The fraction of sp³-hybridized carbons (Fsp3) is 0.400. The smallest absolute Gasteiger partial charge is 0.157 e. The summed E-state index contributed by atoms with van der Waals surface area (Å²) in [6.07, 6.45) is -0.119. The van der Waals surface area contributed by atoms with Crippen LogP contribution < -0.4 is 5.32 Å². The van der Waals surface area contributed by atoms with Crippen molar-refractivity contribution < 1.29 is 14.9 Å². The van der Waals surface area contributed by atoms with Gasteiger partial charge in [-0.25, -0.2) is 0 Å². The Morgan fingerprint density at radius 1 is 1.36 bits per heavy atom.